The van der Waals surface area contributed by atoms with E-state index in [2.05, 4.69) is 41.5 Å². The smallest absolute Gasteiger partial charge is 0.150 e. The SMILES string of the molecule is COc1ccc(-c2cccs2)c(OC)c1C=C(C=O)c1cc(C(C)(C)C)c(O)c(C(C)(C)C)c1. The highest BCUT2D eigenvalue weighted by Crippen LogP contribution is 2.44. The summed E-state index contributed by atoms with van der Waals surface area (Å²) in [6.07, 6.45) is 2.66. The number of aromatic hydroxyl groups is 1. The Morgan fingerprint density at radius 3 is 2.00 bits per heavy atom. The fourth-order valence-corrected chi connectivity index (χ4v) is 4.78. The Kier molecular flexibility index (Phi) is 7.27. The van der Waals surface area contributed by atoms with E-state index in [-0.39, 0.29) is 16.6 Å². The number of allylic oxidation sites excluding steroid dienone is 1. The molecule has 0 atom stereocenters. The number of aldehydes is 1. The predicted octanol–water partition coefficient (Wildman–Crippen LogP) is 7.47. The summed E-state index contributed by atoms with van der Waals surface area (Å²) in [6.45, 7) is 12.3. The minimum Gasteiger partial charge on any atom is -0.507 e. The lowest BCUT2D eigenvalue weighted by molar-refractivity contribution is -0.103. The van der Waals surface area contributed by atoms with Crippen LogP contribution in [0.3, 0.4) is 0 Å². The van der Waals surface area contributed by atoms with E-state index >= 15 is 0 Å². The van der Waals surface area contributed by atoms with E-state index in [4.69, 9.17) is 9.47 Å². The van der Waals surface area contributed by atoms with E-state index in [1.807, 2.05) is 47.9 Å². The molecule has 5 heteroatoms. The standard InChI is InChI=1S/C29H34O4S/c1-28(2,3)22-15-18(16-23(26(22)31)29(4,5)6)19(17-30)14-21-24(32-7)12-11-20(27(21)33-8)25-10-9-13-34-25/h9-17,31H,1-8H3. The number of hydrogen-bond acceptors (Lipinski definition) is 5. The summed E-state index contributed by atoms with van der Waals surface area (Å²) < 4.78 is 11.5. The Morgan fingerprint density at radius 2 is 1.56 bits per heavy atom. The van der Waals surface area contributed by atoms with Gasteiger partial charge in [-0.25, -0.2) is 0 Å². The van der Waals surface area contributed by atoms with Crippen molar-refractivity contribution in [1.29, 1.82) is 0 Å². The quantitative estimate of drug-likeness (QED) is 0.227. The lowest BCUT2D eigenvalue weighted by atomic mass is 9.77. The molecule has 0 aliphatic rings. The van der Waals surface area contributed by atoms with Gasteiger partial charge in [-0.3, -0.25) is 4.79 Å². The van der Waals surface area contributed by atoms with Crippen LogP contribution in [0.2, 0.25) is 0 Å². The van der Waals surface area contributed by atoms with Crippen molar-refractivity contribution in [2.24, 2.45) is 0 Å². The van der Waals surface area contributed by atoms with Gasteiger partial charge in [0.05, 0.1) is 19.8 Å². The summed E-state index contributed by atoms with van der Waals surface area (Å²) in [5.74, 6) is 1.54. The lowest BCUT2D eigenvalue weighted by Gasteiger charge is -2.28. The molecule has 3 aromatic rings. The monoisotopic (exact) mass is 478 g/mol. The molecule has 0 saturated carbocycles. The third-order valence-corrected chi connectivity index (χ3v) is 6.76. The largest absolute Gasteiger partial charge is 0.507 e. The van der Waals surface area contributed by atoms with Crippen LogP contribution in [0.25, 0.3) is 22.1 Å². The van der Waals surface area contributed by atoms with Crippen molar-refractivity contribution in [1.82, 2.24) is 0 Å². The van der Waals surface area contributed by atoms with Crippen LogP contribution in [0, 0.1) is 0 Å². The zero-order valence-electron chi connectivity index (χ0n) is 21.3. The summed E-state index contributed by atoms with van der Waals surface area (Å²) in [7, 11) is 3.23. The van der Waals surface area contributed by atoms with Gasteiger partial charge in [0.2, 0.25) is 0 Å². The molecule has 0 fully saturated rings. The Bertz CT molecular complexity index is 1170. The van der Waals surface area contributed by atoms with Crippen LogP contribution < -0.4 is 9.47 Å². The van der Waals surface area contributed by atoms with Crippen LogP contribution in [-0.2, 0) is 15.6 Å². The van der Waals surface area contributed by atoms with Gasteiger partial charge in [0, 0.05) is 27.1 Å². The molecule has 0 bridgehead atoms. The maximum absolute atomic E-state index is 12.4. The van der Waals surface area contributed by atoms with E-state index in [1.54, 1.807) is 25.6 Å². The van der Waals surface area contributed by atoms with Crippen LogP contribution in [-0.4, -0.2) is 25.6 Å². The molecule has 2 aromatic carbocycles. The average Bonchev–Trinajstić information content (AvgIpc) is 3.30. The van der Waals surface area contributed by atoms with Gasteiger partial charge < -0.3 is 14.6 Å². The predicted molar refractivity (Wildman–Crippen MR) is 142 cm³/mol. The molecule has 0 amide bonds. The Balaban J connectivity index is 2.32. The zero-order valence-corrected chi connectivity index (χ0v) is 22.1. The number of thiophene rings is 1. The normalized spacial score (nSPS) is 12.5. The highest BCUT2D eigenvalue weighted by atomic mass is 32.1. The van der Waals surface area contributed by atoms with Gasteiger partial charge in [0.25, 0.3) is 0 Å². The fraction of sp³-hybridized carbons (Fsp3) is 0.345. The summed E-state index contributed by atoms with van der Waals surface area (Å²) in [6, 6.07) is 11.7. The number of ether oxygens (including phenoxy) is 2. The number of benzene rings is 2. The number of carbonyl (C=O) groups excluding carboxylic acids is 1. The Morgan fingerprint density at radius 1 is 0.941 bits per heavy atom. The molecule has 1 aromatic heterocycles. The highest BCUT2D eigenvalue weighted by Gasteiger charge is 2.27. The van der Waals surface area contributed by atoms with Crippen molar-refractivity contribution >= 4 is 29.3 Å². The second kappa shape index (κ2) is 9.67. The third kappa shape index (κ3) is 5.05. The second-order valence-corrected chi connectivity index (χ2v) is 11.3. The molecular weight excluding hydrogens is 444 g/mol. The van der Waals surface area contributed by atoms with Gasteiger partial charge in [-0.05, 0) is 58.2 Å². The highest BCUT2D eigenvalue weighted by molar-refractivity contribution is 7.13. The molecule has 3 rings (SSSR count). The van der Waals surface area contributed by atoms with Gasteiger partial charge >= 0.3 is 0 Å². The minimum atomic E-state index is -0.303. The number of phenolic OH excluding ortho intramolecular Hbond substituents is 1. The zero-order chi connectivity index (χ0) is 25.3. The van der Waals surface area contributed by atoms with E-state index < -0.39 is 0 Å². The topological polar surface area (TPSA) is 55.8 Å². The fourth-order valence-electron chi connectivity index (χ4n) is 4.03. The van der Waals surface area contributed by atoms with Gasteiger partial charge in [0.1, 0.15) is 17.2 Å². The van der Waals surface area contributed by atoms with E-state index in [0.717, 1.165) is 33.4 Å². The molecule has 180 valence electrons. The lowest BCUT2D eigenvalue weighted by Crippen LogP contribution is -2.18. The first-order valence-electron chi connectivity index (χ1n) is 11.3. The molecule has 0 aliphatic carbocycles. The molecule has 4 nitrogen and oxygen atoms in total. The molecule has 0 saturated heterocycles. The van der Waals surface area contributed by atoms with Crippen molar-refractivity contribution < 1.29 is 19.4 Å². The first-order valence-corrected chi connectivity index (χ1v) is 12.1. The number of hydrogen-bond donors (Lipinski definition) is 1. The Hall–Kier alpha value is -3.05. The number of carbonyl (C=O) groups is 1. The van der Waals surface area contributed by atoms with Crippen molar-refractivity contribution in [3.8, 4) is 27.7 Å². The second-order valence-electron chi connectivity index (χ2n) is 10.4. The molecule has 0 unspecified atom stereocenters. The molecule has 0 radical (unpaired) electrons. The van der Waals surface area contributed by atoms with Gasteiger partial charge in [-0.1, -0.05) is 47.6 Å². The maximum Gasteiger partial charge on any atom is 0.150 e. The van der Waals surface area contributed by atoms with Crippen molar-refractivity contribution in [2.45, 2.75) is 52.4 Å². The molecule has 0 aliphatic heterocycles. The van der Waals surface area contributed by atoms with E-state index in [9.17, 15) is 9.90 Å². The van der Waals surface area contributed by atoms with Crippen molar-refractivity contribution in [3.63, 3.8) is 0 Å². The molecule has 0 spiro atoms. The minimum absolute atomic E-state index is 0.281. The average molecular weight is 479 g/mol. The van der Waals surface area contributed by atoms with Crippen molar-refractivity contribution in [2.75, 3.05) is 14.2 Å². The van der Waals surface area contributed by atoms with Gasteiger partial charge in [0.15, 0.2) is 6.29 Å². The first-order chi connectivity index (χ1) is 15.9. The molecule has 1 heterocycles. The van der Waals surface area contributed by atoms with E-state index in [0.29, 0.717) is 22.6 Å². The van der Waals surface area contributed by atoms with Crippen LogP contribution >= 0.6 is 11.3 Å². The summed E-state index contributed by atoms with van der Waals surface area (Å²) in [5.41, 5.74) is 3.85. The Labute approximate surface area is 206 Å². The van der Waals surface area contributed by atoms with Crippen LogP contribution in [0.15, 0.2) is 41.8 Å². The molecule has 1 N–H and O–H groups in total. The van der Waals surface area contributed by atoms with Crippen molar-refractivity contribution in [3.05, 3.63) is 64.0 Å². The number of phenols is 1. The van der Waals surface area contributed by atoms with Gasteiger partial charge in [-0.2, -0.15) is 0 Å². The first kappa shape index (κ1) is 25.6. The summed E-state index contributed by atoms with van der Waals surface area (Å²) in [5, 5.41) is 13.1. The number of methoxy groups -OCH3 is 2. The number of rotatable bonds is 6. The summed E-state index contributed by atoms with van der Waals surface area (Å²) >= 11 is 1.62. The maximum atomic E-state index is 12.4. The molecule has 34 heavy (non-hydrogen) atoms. The van der Waals surface area contributed by atoms with Crippen LogP contribution in [0.4, 0.5) is 0 Å². The third-order valence-electron chi connectivity index (χ3n) is 5.85. The van der Waals surface area contributed by atoms with Crippen LogP contribution in [0.5, 0.6) is 17.2 Å². The van der Waals surface area contributed by atoms with E-state index in [1.165, 1.54) is 0 Å². The van der Waals surface area contributed by atoms with Gasteiger partial charge in [-0.15, -0.1) is 11.3 Å². The van der Waals surface area contributed by atoms with Crippen LogP contribution in [0.1, 0.15) is 63.8 Å². The molecular formula is C29H34O4S. The summed E-state index contributed by atoms with van der Waals surface area (Å²) in [4.78, 5) is 13.5.